The molecule has 1 rings (SSSR count). The number of hydrogen-bond donors (Lipinski definition) is 1. The highest BCUT2D eigenvalue weighted by atomic mass is 16.5. The topological polar surface area (TPSA) is 29.5 Å². The monoisotopic (exact) mass is 129 g/mol. The predicted octanol–water partition coefficient (Wildman–Crippen LogP) is 0.606. The molecule has 1 saturated heterocycles. The Morgan fingerprint density at radius 1 is 1.56 bits per heavy atom. The Morgan fingerprint density at radius 3 is 2.44 bits per heavy atom. The van der Waals surface area contributed by atoms with E-state index in [4.69, 9.17) is 9.84 Å². The third-order valence-corrected chi connectivity index (χ3v) is 1.73. The second-order valence-corrected chi connectivity index (χ2v) is 2.61. The molecule has 0 saturated carbocycles. The molecule has 0 unspecified atom stereocenters. The van der Waals surface area contributed by atoms with Gasteiger partial charge in [-0.15, -0.1) is 0 Å². The van der Waals surface area contributed by atoms with Crippen molar-refractivity contribution in [2.45, 2.75) is 26.1 Å². The summed E-state index contributed by atoms with van der Waals surface area (Å²) >= 11 is 0. The largest absolute Gasteiger partial charge is 0.394 e. The van der Waals surface area contributed by atoms with E-state index in [9.17, 15) is 0 Å². The molecule has 3 atom stereocenters. The summed E-state index contributed by atoms with van der Waals surface area (Å²) in [6.07, 6.45) is 2.37. The van der Waals surface area contributed by atoms with Gasteiger partial charge in [0.05, 0.1) is 18.8 Å². The van der Waals surface area contributed by atoms with E-state index in [1.54, 1.807) is 0 Å². The summed E-state index contributed by atoms with van der Waals surface area (Å²) in [4.78, 5) is 0. The average Bonchev–Trinajstić information content (AvgIpc) is 2.10. The molecule has 9 heavy (non-hydrogen) atoms. The Bertz CT molecular complexity index is 92.9. The van der Waals surface area contributed by atoms with Crippen molar-refractivity contribution in [2.24, 2.45) is 5.92 Å². The fourth-order valence-corrected chi connectivity index (χ4v) is 1.21. The highest BCUT2D eigenvalue weighted by molar-refractivity contribution is 4.91. The minimum absolute atomic E-state index is 0.0417. The number of aliphatic hydroxyl groups is 1. The fourth-order valence-electron chi connectivity index (χ4n) is 1.21. The van der Waals surface area contributed by atoms with Gasteiger partial charge in [0.1, 0.15) is 0 Å². The molecule has 2 nitrogen and oxygen atoms in total. The summed E-state index contributed by atoms with van der Waals surface area (Å²) < 4.78 is 5.32. The smallest absolute Gasteiger partial charge is 0.0838 e. The van der Waals surface area contributed by atoms with Gasteiger partial charge in [-0.3, -0.25) is 0 Å². The first-order chi connectivity index (χ1) is 4.24. The van der Waals surface area contributed by atoms with Gasteiger partial charge in [-0.2, -0.15) is 0 Å². The molecule has 0 aromatic carbocycles. The molecule has 2 heteroatoms. The summed E-state index contributed by atoms with van der Waals surface area (Å²) in [5.41, 5.74) is 0. The Labute approximate surface area is 55.8 Å². The van der Waals surface area contributed by atoms with Crippen LogP contribution in [0.5, 0.6) is 0 Å². The highest BCUT2D eigenvalue weighted by Gasteiger charge is 2.28. The number of rotatable bonds is 1. The number of ether oxygens (including phenoxy) is 1. The van der Waals surface area contributed by atoms with Crippen LogP contribution in [0.3, 0.4) is 0 Å². The molecule has 1 aliphatic heterocycles. The fraction of sp³-hybridized carbons (Fsp3) is 0.857. The Balaban J connectivity index is 2.38. The molecule has 1 aliphatic rings. The lowest BCUT2D eigenvalue weighted by Crippen LogP contribution is -2.18. The zero-order chi connectivity index (χ0) is 6.85. The number of hydrogen-bond acceptors (Lipinski definition) is 2. The van der Waals surface area contributed by atoms with E-state index in [2.05, 4.69) is 13.3 Å². The van der Waals surface area contributed by atoms with Gasteiger partial charge >= 0.3 is 0 Å². The van der Waals surface area contributed by atoms with Gasteiger partial charge in [0.2, 0.25) is 0 Å². The van der Waals surface area contributed by atoms with Crippen molar-refractivity contribution in [1.82, 2.24) is 0 Å². The molecule has 1 radical (unpaired) electrons. The van der Waals surface area contributed by atoms with Crippen LogP contribution in [-0.2, 0) is 4.74 Å². The van der Waals surface area contributed by atoms with E-state index in [0.717, 1.165) is 0 Å². The molecule has 0 spiro atoms. The van der Waals surface area contributed by atoms with Crippen molar-refractivity contribution < 1.29 is 9.84 Å². The van der Waals surface area contributed by atoms with Crippen LogP contribution in [0.4, 0.5) is 0 Å². The Kier molecular flexibility index (Phi) is 2.09. The van der Waals surface area contributed by atoms with E-state index >= 15 is 0 Å². The van der Waals surface area contributed by atoms with Crippen LogP contribution in [0.25, 0.3) is 0 Å². The minimum Gasteiger partial charge on any atom is -0.394 e. The van der Waals surface area contributed by atoms with Gasteiger partial charge in [0, 0.05) is 0 Å². The van der Waals surface area contributed by atoms with E-state index in [-0.39, 0.29) is 18.8 Å². The van der Waals surface area contributed by atoms with Gasteiger partial charge < -0.3 is 9.84 Å². The SMILES string of the molecule is C[C@@H]1[CH][C@H](C)O[C@@H]1CO. The first-order valence-corrected chi connectivity index (χ1v) is 3.35. The highest BCUT2D eigenvalue weighted by Crippen LogP contribution is 2.23. The summed E-state index contributed by atoms with van der Waals surface area (Å²) in [7, 11) is 0. The van der Waals surface area contributed by atoms with Crippen LogP contribution in [0.2, 0.25) is 0 Å². The zero-order valence-corrected chi connectivity index (χ0v) is 5.87. The van der Waals surface area contributed by atoms with Crippen molar-refractivity contribution in [3.05, 3.63) is 6.42 Å². The summed E-state index contributed by atoms with van der Waals surface area (Å²) in [5, 5.41) is 8.71. The van der Waals surface area contributed by atoms with Crippen LogP contribution in [0.15, 0.2) is 0 Å². The third-order valence-electron chi connectivity index (χ3n) is 1.73. The number of aliphatic hydroxyl groups excluding tert-OH is 1. The van der Waals surface area contributed by atoms with Crippen LogP contribution in [0, 0.1) is 12.3 Å². The Morgan fingerprint density at radius 2 is 2.22 bits per heavy atom. The normalized spacial score (nSPS) is 43.7. The third kappa shape index (κ3) is 1.43. The van der Waals surface area contributed by atoms with Crippen molar-refractivity contribution in [3.63, 3.8) is 0 Å². The predicted molar refractivity (Wildman–Crippen MR) is 34.9 cm³/mol. The van der Waals surface area contributed by atoms with Crippen molar-refractivity contribution >= 4 is 0 Å². The molecule has 0 aromatic heterocycles. The van der Waals surface area contributed by atoms with Gasteiger partial charge in [-0.05, 0) is 19.3 Å². The molecule has 1 N–H and O–H groups in total. The molecule has 0 aliphatic carbocycles. The van der Waals surface area contributed by atoms with Crippen molar-refractivity contribution in [3.8, 4) is 0 Å². The van der Waals surface area contributed by atoms with E-state index < -0.39 is 0 Å². The maximum Gasteiger partial charge on any atom is 0.0838 e. The molecule has 0 aromatic rings. The lowest BCUT2D eigenvalue weighted by Gasteiger charge is -2.09. The first kappa shape index (κ1) is 7.03. The molecule has 53 valence electrons. The quantitative estimate of drug-likeness (QED) is 0.562. The Hall–Kier alpha value is -0.0800. The molecule has 0 bridgehead atoms. The van der Waals surface area contributed by atoms with Crippen LogP contribution in [-0.4, -0.2) is 23.9 Å². The van der Waals surface area contributed by atoms with Crippen LogP contribution in [0.1, 0.15) is 13.8 Å². The van der Waals surface area contributed by atoms with E-state index in [0.29, 0.717) is 5.92 Å². The lowest BCUT2D eigenvalue weighted by atomic mass is 10.0. The van der Waals surface area contributed by atoms with E-state index in [1.165, 1.54) is 0 Å². The van der Waals surface area contributed by atoms with Crippen LogP contribution < -0.4 is 0 Å². The van der Waals surface area contributed by atoms with E-state index in [1.807, 2.05) is 6.92 Å². The van der Waals surface area contributed by atoms with Gasteiger partial charge in [-0.1, -0.05) is 6.92 Å². The zero-order valence-electron chi connectivity index (χ0n) is 5.87. The lowest BCUT2D eigenvalue weighted by molar-refractivity contribution is 0.0104. The first-order valence-electron chi connectivity index (χ1n) is 3.35. The van der Waals surface area contributed by atoms with Crippen LogP contribution >= 0.6 is 0 Å². The minimum atomic E-state index is 0.0417. The van der Waals surface area contributed by atoms with Gasteiger partial charge in [0.15, 0.2) is 0 Å². The average molecular weight is 129 g/mol. The summed E-state index contributed by atoms with van der Waals surface area (Å²) in [5.74, 6) is 0.407. The molecular formula is C7H13O2. The summed E-state index contributed by atoms with van der Waals surface area (Å²) in [6, 6.07) is 0. The standard InChI is InChI=1S/C7H13O2/c1-5-3-6(2)9-7(5)4-8/h3,5-8H,4H2,1-2H3/t5-,6+,7-/m1/s1. The van der Waals surface area contributed by atoms with Gasteiger partial charge in [-0.25, -0.2) is 0 Å². The maximum atomic E-state index is 8.71. The van der Waals surface area contributed by atoms with Crippen molar-refractivity contribution in [2.75, 3.05) is 6.61 Å². The maximum absolute atomic E-state index is 8.71. The molecule has 1 heterocycles. The van der Waals surface area contributed by atoms with Gasteiger partial charge in [0.25, 0.3) is 0 Å². The summed E-state index contributed by atoms with van der Waals surface area (Å²) in [6.45, 7) is 4.19. The molecule has 0 amide bonds. The second-order valence-electron chi connectivity index (χ2n) is 2.61. The molecular weight excluding hydrogens is 116 g/mol. The molecule has 1 fully saturated rings. The van der Waals surface area contributed by atoms with Crippen molar-refractivity contribution in [1.29, 1.82) is 0 Å². The second kappa shape index (κ2) is 2.67.